The Kier molecular flexibility index (Phi) is 4.95. The van der Waals surface area contributed by atoms with Crippen molar-refractivity contribution < 1.29 is 18.3 Å². The Labute approximate surface area is 129 Å². The molecular formula is C14H19NO4S2. The lowest BCUT2D eigenvalue weighted by molar-refractivity contribution is -0.140. The van der Waals surface area contributed by atoms with Gasteiger partial charge in [0.2, 0.25) is 10.0 Å². The second-order valence-corrected chi connectivity index (χ2v) is 8.01. The number of aliphatic carboxylic acids is 1. The van der Waals surface area contributed by atoms with Gasteiger partial charge >= 0.3 is 5.97 Å². The van der Waals surface area contributed by atoms with E-state index in [4.69, 9.17) is 5.11 Å². The number of hydrogen-bond donors (Lipinski definition) is 1. The van der Waals surface area contributed by atoms with Crippen LogP contribution < -0.4 is 0 Å². The number of nitrogens with zero attached hydrogens (tertiary/aromatic N) is 1. The molecule has 0 radical (unpaired) electrons. The maximum Gasteiger partial charge on any atom is 0.322 e. The molecule has 1 fully saturated rings. The number of hydrogen-bond acceptors (Lipinski definition) is 4. The van der Waals surface area contributed by atoms with Crippen molar-refractivity contribution in [3.05, 3.63) is 29.8 Å². The minimum Gasteiger partial charge on any atom is -0.480 e. The van der Waals surface area contributed by atoms with Gasteiger partial charge in [0.1, 0.15) is 6.04 Å². The molecule has 2 rings (SSSR count). The van der Waals surface area contributed by atoms with Crippen LogP contribution in [0.15, 0.2) is 29.2 Å². The summed E-state index contributed by atoms with van der Waals surface area (Å²) in [7, 11) is -3.75. The van der Waals surface area contributed by atoms with E-state index >= 15 is 0 Å². The van der Waals surface area contributed by atoms with Crippen molar-refractivity contribution in [2.75, 3.05) is 11.6 Å². The minimum atomic E-state index is -3.75. The number of rotatable bonds is 5. The summed E-state index contributed by atoms with van der Waals surface area (Å²) in [6.45, 7) is 4.16. The summed E-state index contributed by atoms with van der Waals surface area (Å²) in [6, 6.07) is 5.77. The number of carbonyl (C=O) groups is 1. The Balaban J connectivity index is 2.29. The minimum absolute atomic E-state index is 0.156. The van der Waals surface area contributed by atoms with E-state index in [1.54, 1.807) is 24.3 Å². The highest BCUT2D eigenvalue weighted by Crippen LogP contribution is 2.29. The van der Waals surface area contributed by atoms with Crippen LogP contribution in [0.4, 0.5) is 0 Å². The van der Waals surface area contributed by atoms with Crippen molar-refractivity contribution in [2.24, 2.45) is 0 Å². The molecule has 7 heteroatoms. The van der Waals surface area contributed by atoms with E-state index in [0.717, 1.165) is 16.3 Å². The molecule has 0 aromatic heterocycles. The molecule has 21 heavy (non-hydrogen) atoms. The highest BCUT2D eigenvalue weighted by atomic mass is 32.2. The van der Waals surface area contributed by atoms with Crippen molar-refractivity contribution in [1.82, 2.24) is 4.31 Å². The van der Waals surface area contributed by atoms with Crippen LogP contribution in [-0.2, 0) is 14.8 Å². The highest BCUT2D eigenvalue weighted by Gasteiger charge is 2.39. The van der Waals surface area contributed by atoms with Crippen molar-refractivity contribution in [1.29, 1.82) is 0 Å². The third-order valence-corrected chi connectivity index (χ3v) is 6.84. The Morgan fingerprint density at radius 1 is 1.43 bits per heavy atom. The lowest BCUT2D eigenvalue weighted by Gasteiger charge is -2.20. The first-order chi connectivity index (χ1) is 9.87. The number of sulfonamides is 1. The molecule has 1 heterocycles. The van der Waals surface area contributed by atoms with Gasteiger partial charge in [0.25, 0.3) is 0 Å². The first-order valence-electron chi connectivity index (χ1n) is 6.80. The maximum atomic E-state index is 12.5. The lowest BCUT2D eigenvalue weighted by atomic mass is 9.99. The van der Waals surface area contributed by atoms with Gasteiger partial charge in [-0.2, -0.15) is 4.31 Å². The summed E-state index contributed by atoms with van der Waals surface area (Å²) < 4.78 is 26.2. The molecule has 0 aliphatic carbocycles. The van der Waals surface area contributed by atoms with Gasteiger partial charge in [0.05, 0.1) is 10.8 Å². The van der Waals surface area contributed by atoms with Crippen LogP contribution in [0.2, 0.25) is 0 Å². The number of carboxylic acid groups (broad SMARTS) is 1. The summed E-state index contributed by atoms with van der Waals surface area (Å²) in [6.07, 6.45) is 0.982. The zero-order chi connectivity index (χ0) is 15.6. The van der Waals surface area contributed by atoms with Gasteiger partial charge in [-0.1, -0.05) is 26.0 Å². The summed E-state index contributed by atoms with van der Waals surface area (Å²) in [5, 5.41) is 9.12. The van der Waals surface area contributed by atoms with Crippen molar-refractivity contribution in [3.8, 4) is 0 Å². The smallest absolute Gasteiger partial charge is 0.322 e. The normalized spacial score (nSPS) is 21.3. The maximum absolute atomic E-state index is 12.5. The van der Waals surface area contributed by atoms with Crippen LogP contribution >= 0.6 is 11.8 Å². The van der Waals surface area contributed by atoms with Gasteiger partial charge in [0, 0.05) is 5.75 Å². The number of thioether (sulfide) groups is 1. The van der Waals surface area contributed by atoms with Gasteiger partial charge in [0.15, 0.2) is 0 Å². The van der Waals surface area contributed by atoms with E-state index in [1.165, 1.54) is 11.8 Å². The highest BCUT2D eigenvalue weighted by molar-refractivity contribution is 8.00. The van der Waals surface area contributed by atoms with Crippen LogP contribution in [-0.4, -0.2) is 41.5 Å². The number of carboxylic acids is 1. The Hall–Kier alpha value is -1.05. The topological polar surface area (TPSA) is 74.7 Å². The summed E-state index contributed by atoms with van der Waals surface area (Å²) in [5.74, 6) is -0.248. The molecule has 1 aromatic carbocycles. The molecule has 0 spiro atoms. The molecule has 0 saturated carbocycles. The fourth-order valence-electron chi connectivity index (χ4n) is 2.20. The van der Waals surface area contributed by atoms with E-state index in [9.17, 15) is 13.2 Å². The first kappa shape index (κ1) is 16.3. The Morgan fingerprint density at radius 3 is 2.57 bits per heavy atom. The fourth-order valence-corrected chi connectivity index (χ4v) is 5.33. The second kappa shape index (κ2) is 6.37. The van der Waals surface area contributed by atoms with Gasteiger partial charge in [-0.15, -0.1) is 11.8 Å². The second-order valence-electron chi connectivity index (χ2n) is 5.12. The van der Waals surface area contributed by atoms with E-state index in [-0.39, 0.29) is 10.8 Å². The van der Waals surface area contributed by atoms with Crippen LogP contribution in [0, 0.1) is 0 Å². The monoisotopic (exact) mass is 329 g/mol. The molecule has 2 unspecified atom stereocenters. The third-order valence-electron chi connectivity index (χ3n) is 3.80. The third kappa shape index (κ3) is 3.25. The number of benzene rings is 1. The molecule has 1 aliphatic rings. The van der Waals surface area contributed by atoms with E-state index < -0.39 is 22.0 Å². The summed E-state index contributed by atoms with van der Waals surface area (Å²) in [5.41, 5.74) is 1.09. The Bertz CT molecular complexity index is 612. The zero-order valence-corrected chi connectivity index (χ0v) is 13.7. The molecule has 116 valence electrons. The predicted octanol–water partition coefficient (Wildman–Crippen LogP) is 2.35. The molecule has 1 N–H and O–H groups in total. The SMILES string of the molecule is CCC(C)c1ccc(S(=O)(=O)N2CSCC2C(=O)O)cc1. The van der Waals surface area contributed by atoms with E-state index in [0.29, 0.717) is 11.7 Å². The van der Waals surface area contributed by atoms with Crippen LogP contribution in [0.5, 0.6) is 0 Å². The van der Waals surface area contributed by atoms with E-state index in [1.807, 2.05) is 0 Å². The lowest BCUT2D eigenvalue weighted by Crippen LogP contribution is -2.41. The average molecular weight is 329 g/mol. The summed E-state index contributed by atoms with van der Waals surface area (Å²) in [4.78, 5) is 11.3. The van der Waals surface area contributed by atoms with Crippen LogP contribution in [0.25, 0.3) is 0 Å². The molecule has 0 bridgehead atoms. The van der Waals surface area contributed by atoms with Gasteiger partial charge in [-0.25, -0.2) is 8.42 Å². The molecule has 1 aromatic rings. The van der Waals surface area contributed by atoms with Crippen LogP contribution in [0.3, 0.4) is 0 Å². The fraction of sp³-hybridized carbons (Fsp3) is 0.500. The molecule has 5 nitrogen and oxygen atoms in total. The first-order valence-corrected chi connectivity index (χ1v) is 9.39. The van der Waals surface area contributed by atoms with Gasteiger partial charge in [-0.05, 0) is 30.0 Å². The molecule has 1 saturated heterocycles. The van der Waals surface area contributed by atoms with Crippen molar-refractivity contribution in [2.45, 2.75) is 37.1 Å². The van der Waals surface area contributed by atoms with Crippen molar-refractivity contribution >= 4 is 27.8 Å². The van der Waals surface area contributed by atoms with Gasteiger partial charge < -0.3 is 5.11 Å². The van der Waals surface area contributed by atoms with Gasteiger partial charge in [-0.3, -0.25) is 4.79 Å². The quantitative estimate of drug-likeness (QED) is 0.897. The predicted molar refractivity (Wildman–Crippen MR) is 82.9 cm³/mol. The van der Waals surface area contributed by atoms with Crippen molar-refractivity contribution in [3.63, 3.8) is 0 Å². The molecule has 0 amide bonds. The van der Waals surface area contributed by atoms with Crippen LogP contribution in [0.1, 0.15) is 31.7 Å². The van der Waals surface area contributed by atoms with E-state index in [2.05, 4.69) is 13.8 Å². The molecule has 1 aliphatic heterocycles. The largest absolute Gasteiger partial charge is 0.480 e. The standard InChI is InChI=1S/C14H19NO4S2/c1-3-10(2)11-4-6-12(7-5-11)21(18,19)15-9-20-8-13(15)14(16)17/h4-7,10,13H,3,8-9H2,1-2H3,(H,16,17). The summed E-state index contributed by atoms with van der Waals surface area (Å²) >= 11 is 1.32. The average Bonchev–Trinajstić information content (AvgIpc) is 2.97. The molecule has 2 atom stereocenters. The Morgan fingerprint density at radius 2 is 2.05 bits per heavy atom. The zero-order valence-electron chi connectivity index (χ0n) is 12.0. The molecular weight excluding hydrogens is 310 g/mol.